The Labute approximate surface area is 89.3 Å². The van der Waals surface area contributed by atoms with Crippen molar-refractivity contribution in [2.75, 3.05) is 0 Å². The molecule has 0 amide bonds. The van der Waals surface area contributed by atoms with Gasteiger partial charge in [0.1, 0.15) is 11.3 Å². The van der Waals surface area contributed by atoms with Crippen LogP contribution < -0.4 is 0 Å². The summed E-state index contributed by atoms with van der Waals surface area (Å²) in [4.78, 5) is 4.03. The number of phenolic OH excluding ortho intramolecular Hbond substituents is 1. The van der Waals surface area contributed by atoms with Crippen LogP contribution in [0.5, 0.6) is 5.75 Å². The fourth-order valence-electron chi connectivity index (χ4n) is 1.09. The summed E-state index contributed by atoms with van der Waals surface area (Å²) in [5, 5.41) is 10.3. The monoisotopic (exact) mass is 189 g/mol. The van der Waals surface area contributed by atoms with E-state index in [4.69, 9.17) is 0 Å². The number of fused-ring (bicyclic) bond motifs is 1. The van der Waals surface area contributed by atoms with Gasteiger partial charge in [0, 0.05) is 11.6 Å². The Morgan fingerprint density at radius 3 is 2.46 bits per heavy atom. The Morgan fingerprint density at radius 1 is 1.08 bits per heavy atom. The highest BCUT2D eigenvalue weighted by Gasteiger charge is 1.96. The number of benzene rings is 1. The molecule has 0 aliphatic rings. The van der Waals surface area contributed by atoms with Crippen LogP contribution in [0.15, 0.2) is 36.5 Å². The first kappa shape index (κ1) is 12.0. The number of phenols is 1. The van der Waals surface area contributed by atoms with E-state index in [1.807, 2.05) is 18.2 Å². The van der Waals surface area contributed by atoms with E-state index >= 15 is 0 Å². The van der Waals surface area contributed by atoms with Crippen molar-refractivity contribution in [3.8, 4) is 5.75 Å². The third-order valence-corrected chi connectivity index (χ3v) is 1.61. The van der Waals surface area contributed by atoms with Crippen LogP contribution >= 0.6 is 0 Å². The Bertz CT molecular complexity index is 389. The number of para-hydroxylation sites is 1. The van der Waals surface area contributed by atoms with Crippen LogP contribution in [-0.4, -0.2) is 35.9 Å². The summed E-state index contributed by atoms with van der Waals surface area (Å²) in [5.74, 6) is 0.239. The van der Waals surface area contributed by atoms with Crippen LogP contribution in [0.3, 0.4) is 0 Å². The molecule has 0 radical (unpaired) electrons. The average molecular weight is 189 g/mol. The number of nitrogens with zero attached hydrogens (tertiary/aromatic N) is 1. The summed E-state index contributed by atoms with van der Waals surface area (Å²) in [6.45, 7) is 0. The summed E-state index contributed by atoms with van der Waals surface area (Å²) >= 11 is 0. The summed E-state index contributed by atoms with van der Waals surface area (Å²) < 4.78 is 0. The molecule has 13 heavy (non-hydrogen) atoms. The standard InChI is InChI=1S/C9H7NO.Al.BH3.3H/c11-8-5-1-3-7-4-2-6-10-9(7)8;;;;;/h1-6,11H;;1H3;;;. The quantitative estimate of drug-likeness (QED) is 0.570. The molecule has 1 aromatic carbocycles. The number of hydrogen-bond acceptors (Lipinski definition) is 2. The van der Waals surface area contributed by atoms with Crippen molar-refractivity contribution in [2.24, 2.45) is 0 Å². The molecule has 0 unspecified atom stereocenters. The minimum Gasteiger partial charge on any atom is -0.506 e. The normalized spacial score (nSPS) is 8.62. The third kappa shape index (κ3) is 2.24. The molecule has 2 aromatic rings. The van der Waals surface area contributed by atoms with E-state index in [2.05, 4.69) is 4.98 Å². The van der Waals surface area contributed by atoms with Crippen LogP contribution in [0, 0.1) is 0 Å². The Balaban J connectivity index is 0.000000720. The zero-order valence-corrected chi connectivity index (χ0v) is 5.86. The second-order valence-electron chi connectivity index (χ2n) is 2.35. The molecule has 1 heterocycles. The van der Waals surface area contributed by atoms with Crippen LogP contribution in [-0.2, 0) is 0 Å². The highest BCUT2D eigenvalue weighted by molar-refractivity contribution is 5.83. The zero-order chi connectivity index (χ0) is 7.68. The van der Waals surface area contributed by atoms with Crippen molar-refractivity contribution in [1.29, 1.82) is 0 Å². The van der Waals surface area contributed by atoms with Gasteiger partial charge in [0.2, 0.25) is 0 Å². The van der Waals surface area contributed by atoms with E-state index in [1.165, 1.54) is 0 Å². The number of rotatable bonds is 0. The molecule has 0 saturated carbocycles. The van der Waals surface area contributed by atoms with Crippen LogP contribution in [0.25, 0.3) is 10.9 Å². The Hall–Kier alpha value is -0.973. The van der Waals surface area contributed by atoms with E-state index in [-0.39, 0.29) is 31.5 Å². The zero-order valence-electron chi connectivity index (χ0n) is 5.86. The maximum Gasteiger partial charge on any atom is 0.187 e. The van der Waals surface area contributed by atoms with Crippen molar-refractivity contribution in [3.63, 3.8) is 0 Å². The smallest absolute Gasteiger partial charge is 0.187 e. The minimum atomic E-state index is 0. The molecule has 2 nitrogen and oxygen atoms in total. The van der Waals surface area contributed by atoms with Gasteiger partial charge in [-0.2, -0.15) is 0 Å². The van der Waals surface area contributed by atoms with E-state index in [0.29, 0.717) is 5.52 Å². The van der Waals surface area contributed by atoms with Crippen LogP contribution in [0.1, 0.15) is 0 Å². The summed E-state index contributed by atoms with van der Waals surface area (Å²) in [6, 6.07) is 9.13. The summed E-state index contributed by atoms with van der Waals surface area (Å²) in [7, 11) is 0. The van der Waals surface area contributed by atoms with Crippen molar-refractivity contribution >= 4 is 36.7 Å². The molecule has 1 N–H and O–H groups in total. The van der Waals surface area contributed by atoms with Gasteiger partial charge in [-0.25, -0.2) is 0 Å². The average Bonchev–Trinajstić information content (AvgIpc) is 2.06. The number of aromatic nitrogens is 1. The molecular formula is C9H13AlBNO. The molecule has 0 fully saturated rings. The lowest BCUT2D eigenvalue weighted by atomic mass is 10.2. The lowest BCUT2D eigenvalue weighted by Crippen LogP contribution is -1.76. The molecule has 1 aromatic heterocycles. The number of hydrogen-bond donors (Lipinski definition) is 1. The predicted octanol–water partition coefficient (Wildman–Crippen LogP) is -0.427. The van der Waals surface area contributed by atoms with Gasteiger partial charge >= 0.3 is 0 Å². The second-order valence-corrected chi connectivity index (χ2v) is 2.35. The predicted molar refractivity (Wildman–Crippen MR) is 63.3 cm³/mol. The van der Waals surface area contributed by atoms with Gasteiger partial charge in [0.15, 0.2) is 17.4 Å². The van der Waals surface area contributed by atoms with Gasteiger partial charge in [-0.05, 0) is 12.1 Å². The second kappa shape index (κ2) is 4.91. The number of aromatic hydroxyl groups is 1. The number of pyridine rings is 1. The molecular weight excluding hydrogens is 176 g/mol. The first-order valence-corrected chi connectivity index (χ1v) is 3.40. The first-order chi connectivity index (χ1) is 5.38. The summed E-state index contributed by atoms with van der Waals surface area (Å²) in [5.41, 5.74) is 0.662. The maximum absolute atomic E-state index is 9.31. The molecule has 0 bridgehead atoms. The van der Waals surface area contributed by atoms with Gasteiger partial charge < -0.3 is 5.11 Å². The van der Waals surface area contributed by atoms with Crippen molar-refractivity contribution in [3.05, 3.63) is 36.5 Å². The fourth-order valence-corrected chi connectivity index (χ4v) is 1.09. The van der Waals surface area contributed by atoms with E-state index < -0.39 is 0 Å². The molecule has 0 aliphatic carbocycles. The van der Waals surface area contributed by atoms with Crippen molar-refractivity contribution in [1.82, 2.24) is 4.98 Å². The van der Waals surface area contributed by atoms with Gasteiger partial charge in [-0.3, -0.25) is 4.98 Å². The maximum atomic E-state index is 9.31. The van der Waals surface area contributed by atoms with Gasteiger partial charge in [0.05, 0.1) is 8.41 Å². The van der Waals surface area contributed by atoms with Crippen LogP contribution in [0.2, 0.25) is 0 Å². The van der Waals surface area contributed by atoms with E-state index in [1.54, 1.807) is 18.3 Å². The first-order valence-electron chi connectivity index (χ1n) is 3.40. The highest BCUT2D eigenvalue weighted by Crippen LogP contribution is 2.20. The van der Waals surface area contributed by atoms with Gasteiger partial charge in [-0.15, -0.1) is 0 Å². The minimum absolute atomic E-state index is 0. The van der Waals surface area contributed by atoms with Crippen molar-refractivity contribution in [2.45, 2.75) is 0 Å². The molecule has 4 heteroatoms. The third-order valence-electron chi connectivity index (χ3n) is 1.61. The molecule has 2 rings (SSSR count). The highest BCUT2D eigenvalue weighted by atomic mass is 27.0. The lowest BCUT2D eigenvalue weighted by molar-refractivity contribution is 0.480. The van der Waals surface area contributed by atoms with Crippen LogP contribution in [0.4, 0.5) is 0 Å². The largest absolute Gasteiger partial charge is 0.506 e. The molecule has 0 saturated heterocycles. The lowest BCUT2D eigenvalue weighted by Gasteiger charge is -1.96. The summed E-state index contributed by atoms with van der Waals surface area (Å²) in [6.07, 6.45) is 1.67. The van der Waals surface area contributed by atoms with Gasteiger partial charge in [-0.1, -0.05) is 18.2 Å². The molecule has 0 aliphatic heterocycles. The molecule has 0 atom stereocenters. The topological polar surface area (TPSA) is 33.1 Å². The molecule has 66 valence electrons. The Morgan fingerprint density at radius 2 is 1.77 bits per heavy atom. The fraction of sp³-hybridized carbons (Fsp3) is 0. The van der Waals surface area contributed by atoms with E-state index in [0.717, 1.165) is 5.39 Å². The molecule has 0 spiro atoms. The Kier molecular flexibility index (Phi) is 4.54. The van der Waals surface area contributed by atoms with E-state index in [9.17, 15) is 5.11 Å². The van der Waals surface area contributed by atoms with Gasteiger partial charge in [0.25, 0.3) is 0 Å². The van der Waals surface area contributed by atoms with Crippen molar-refractivity contribution < 1.29 is 5.11 Å². The SMILES string of the molecule is B.Oc1cccc2cccnc12.[AlH3].